The molecule has 0 N–H and O–H groups in total. The normalized spacial score (nSPS) is 10.8. The van der Waals surface area contributed by atoms with Crippen LogP contribution >= 0.6 is 0 Å². The first-order valence-corrected chi connectivity index (χ1v) is 31.5. The number of hydrogen-bond donors (Lipinski definition) is 0. The molecule has 0 spiro atoms. The van der Waals surface area contributed by atoms with E-state index in [0.29, 0.717) is 32.2 Å². The predicted octanol–water partition coefficient (Wildman–Crippen LogP) is 24.3. The fourth-order valence-corrected chi connectivity index (χ4v) is 11.0. The summed E-state index contributed by atoms with van der Waals surface area (Å²) < 4.78 is 84.8. The number of aromatic nitrogens is 1. The van der Waals surface area contributed by atoms with Crippen molar-refractivity contribution >= 4 is 10.9 Å². The predicted molar refractivity (Wildman–Crippen MR) is 379 cm³/mol. The van der Waals surface area contributed by atoms with E-state index in [1.807, 2.05) is 12.1 Å². The highest BCUT2D eigenvalue weighted by Crippen LogP contribution is 2.44. The van der Waals surface area contributed by atoms with Crippen molar-refractivity contribution in [1.29, 1.82) is 0 Å². The molecule has 5 nitrogen and oxygen atoms in total. The highest BCUT2D eigenvalue weighted by atomic mass is 19.3. The standard InChI is InChI=1S/C39H29N.C24H22F2O2.C23H19F3O2/c1-28-17-19-29(20-18-28)30-21-23-31(24-22-30)34-25-26-37-36(27-34)38(32-11-5-2-6-12-32)39(33-13-7-3-8-14-33)40(37)35-15-9-4-10-16-35;1-17-3-9-21(10-4-17)22-11-5-19(6-12-22)15-27-16-20-7-13-23(14-8-20)28-18(2)24(25)26;1-16-2-8-19(9-3-16)20-10-4-17(5-11-20)14-27-15-18-6-12-21(13-7-18)28-23(26)22(24)25/h2-27H,1H3;3-14H,15-16H2,1-2H3;2-13H,14-15H2,1H3. The maximum absolute atomic E-state index is 12.7. The number of allylic oxidation sites excluding steroid dienone is 1. The van der Waals surface area contributed by atoms with Crippen LogP contribution in [-0.4, -0.2) is 4.57 Å². The molecule has 13 aromatic rings. The molecule has 0 unspecified atom stereocenters. The molecule has 1 aromatic heterocycles. The Morgan fingerprint density at radius 3 is 1.02 bits per heavy atom. The average molecular weight is 1280 g/mol. The Morgan fingerprint density at radius 1 is 0.312 bits per heavy atom. The van der Waals surface area contributed by atoms with Crippen molar-refractivity contribution in [2.45, 2.75) is 54.1 Å². The summed E-state index contributed by atoms with van der Waals surface area (Å²) in [5, 5.41) is 1.24. The van der Waals surface area contributed by atoms with Gasteiger partial charge in [-0.2, -0.15) is 22.0 Å². The fraction of sp³-hybridized carbons (Fsp3) is 0.0930. The molecule has 0 aliphatic heterocycles. The lowest BCUT2D eigenvalue weighted by molar-refractivity contribution is 0.107. The zero-order valence-corrected chi connectivity index (χ0v) is 53.7. The van der Waals surface area contributed by atoms with Gasteiger partial charge in [-0.1, -0.05) is 271 Å². The number of halogens is 5. The molecule has 0 fully saturated rings. The van der Waals surface area contributed by atoms with Gasteiger partial charge in [-0.25, -0.2) is 0 Å². The molecule has 0 saturated heterocycles. The van der Waals surface area contributed by atoms with E-state index >= 15 is 0 Å². The van der Waals surface area contributed by atoms with Crippen LogP contribution in [0.2, 0.25) is 0 Å². The van der Waals surface area contributed by atoms with Gasteiger partial charge in [0.15, 0.2) is 5.76 Å². The summed E-state index contributed by atoms with van der Waals surface area (Å²) in [7, 11) is 0. The molecule has 10 heteroatoms. The first-order chi connectivity index (χ1) is 46.8. The molecule has 0 atom stereocenters. The lowest BCUT2D eigenvalue weighted by atomic mass is 9.95. The molecule has 12 aromatic carbocycles. The van der Waals surface area contributed by atoms with Crippen molar-refractivity contribution in [3.63, 3.8) is 0 Å². The number of para-hydroxylation sites is 1. The minimum Gasteiger partial charge on any atom is -0.456 e. The van der Waals surface area contributed by atoms with Gasteiger partial charge in [0.2, 0.25) is 0 Å². The smallest absolute Gasteiger partial charge is 0.344 e. The van der Waals surface area contributed by atoms with E-state index in [1.165, 1.54) is 108 Å². The molecule has 478 valence electrons. The van der Waals surface area contributed by atoms with Gasteiger partial charge in [0.05, 0.1) is 37.6 Å². The second-order valence-corrected chi connectivity index (χ2v) is 23.3. The van der Waals surface area contributed by atoms with E-state index in [2.05, 4.69) is 273 Å². The lowest BCUT2D eigenvalue weighted by Crippen LogP contribution is -1.97. The third-order valence-corrected chi connectivity index (χ3v) is 16.2. The van der Waals surface area contributed by atoms with Crippen LogP contribution < -0.4 is 9.47 Å². The summed E-state index contributed by atoms with van der Waals surface area (Å²) in [5.74, 6) is -0.0143. The number of benzene rings is 12. The van der Waals surface area contributed by atoms with Gasteiger partial charge >= 0.3 is 18.2 Å². The quantitative estimate of drug-likeness (QED) is 0.0598. The number of rotatable bonds is 19. The summed E-state index contributed by atoms with van der Waals surface area (Å²) in [4.78, 5) is 0. The van der Waals surface area contributed by atoms with Crippen molar-refractivity contribution in [3.05, 3.63) is 366 Å². The van der Waals surface area contributed by atoms with Crippen LogP contribution in [0.3, 0.4) is 0 Å². The Bertz CT molecular complexity index is 4530. The molecule has 0 amide bonds. The molecule has 0 aliphatic rings. The third-order valence-electron chi connectivity index (χ3n) is 16.2. The number of ether oxygens (including phenoxy) is 4. The fourth-order valence-electron chi connectivity index (χ4n) is 11.0. The SMILES string of the molecule is CC(Oc1ccc(COCc2ccc(-c3ccc(C)cc3)cc2)cc1)=C(F)F.Cc1ccc(-c2ccc(-c3ccc4c(c3)c(-c3ccccc3)c(-c3ccccc3)n4-c3ccccc3)cc2)cc1.Cc1ccc(-c2ccc(COCc3ccc(OC(F)=C(F)F)cc3)cc2)cc1. The minimum absolute atomic E-state index is 0.000689. The van der Waals surface area contributed by atoms with Crippen LogP contribution in [0.25, 0.3) is 83.5 Å². The first kappa shape index (κ1) is 66.3. The van der Waals surface area contributed by atoms with E-state index in [9.17, 15) is 22.0 Å². The zero-order valence-electron chi connectivity index (χ0n) is 53.7. The maximum atomic E-state index is 12.7. The highest BCUT2D eigenvalue weighted by Gasteiger charge is 2.22. The molecular formula is C86H70F5NO4. The Hall–Kier alpha value is -11.2. The van der Waals surface area contributed by atoms with Gasteiger partial charge in [0.25, 0.3) is 0 Å². The number of aryl methyl sites for hydroxylation is 3. The first-order valence-electron chi connectivity index (χ1n) is 31.5. The van der Waals surface area contributed by atoms with Crippen molar-refractivity contribution in [2.75, 3.05) is 0 Å². The largest absolute Gasteiger partial charge is 0.456 e. The number of nitrogens with zero attached hydrogens (tertiary/aromatic N) is 1. The van der Waals surface area contributed by atoms with Gasteiger partial charge in [0.1, 0.15) is 11.5 Å². The summed E-state index contributed by atoms with van der Waals surface area (Å²) in [6.45, 7) is 9.22. The molecule has 0 bridgehead atoms. The van der Waals surface area contributed by atoms with Gasteiger partial charge in [-0.05, 0) is 154 Å². The maximum Gasteiger partial charge on any atom is 0.344 e. The topological polar surface area (TPSA) is 41.9 Å². The Balaban J connectivity index is 0.000000151. The lowest BCUT2D eigenvalue weighted by Gasteiger charge is -2.13. The second-order valence-electron chi connectivity index (χ2n) is 23.3. The summed E-state index contributed by atoms with van der Waals surface area (Å²) in [5.41, 5.74) is 24.5. The zero-order chi connectivity index (χ0) is 66.8. The van der Waals surface area contributed by atoms with Crippen LogP contribution in [0.15, 0.2) is 327 Å². The van der Waals surface area contributed by atoms with E-state index in [-0.39, 0.29) is 5.75 Å². The monoisotopic (exact) mass is 1280 g/mol. The van der Waals surface area contributed by atoms with E-state index in [0.717, 1.165) is 33.5 Å². The van der Waals surface area contributed by atoms with E-state index in [1.54, 1.807) is 36.4 Å². The highest BCUT2D eigenvalue weighted by molar-refractivity contribution is 6.07. The number of fused-ring (bicyclic) bond motifs is 1. The summed E-state index contributed by atoms with van der Waals surface area (Å²) in [6.07, 6.45) is -4.30. The Labute approximate surface area is 557 Å². The third kappa shape index (κ3) is 17.5. The van der Waals surface area contributed by atoms with E-state index in [4.69, 9.17) is 14.2 Å². The van der Waals surface area contributed by atoms with Crippen LogP contribution in [0, 0.1) is 20.8 Å². The molecular weight excluding hydrogens is 1210 g/mol. The number of hydrogen-bond acceptors (Lipinski definition) is 4. The van der Waals surface area contributed by atoms with Crippen LogP contribution in [0.5, 0.6) is 11.5 Å². The van der Waals surface area contributed by atoms with Gasteiger partial charge in [-0.3, -0.25) is 0 Å². The molecule has 0 radical (unpaired) electrons. The van der Waals surface area contributed by atoms with E-state index < -0.39 is 23.9 Å². The van der Waals surface area contributed by atoms with Crippen LogP contribution in [0.4, 0.5) is 22.0 Å². The van der Waals surface area contributed by atoms with Crippen molar-refractivity contribution in [1.82, 2.24) is 4.57 Å². The van der Waals surface area contributed by atoms with Crippen molar-refractivity contribution < 1.29 is 40.9 Å². The summed E-state index contributed by atoms with van der Waals surface area (Å²) in [6, 6.07) is 101. The summed E-state index contributed by atoms with van der Waals surface area (Å²) >= 11 is 0. The van der Waals surface area contributed by atoms with Crippen molar-refractivity contribution in [2.24, 2.45) is 0 Å². The Morgan fingerprint density at radius 2 is 0.635 bits per heavy atom. The second kappa shape index (κ2) is 32.1. The molecule has 0 aliphatic carbocycles. The Kier molecular flexibility index (Phi) is 22.2. The molecule has 0 saturated carbocycles. The minimum atomic E-state index is -2.49. The van der Waals surface area contributed by atoms with Crippen LogP contribution in [-0.2, 0) is 35.9 Å². The van der Waals surface area contributed by atoms with Gasteiger partial charge in [0, 0.05) is 16.6 Å². The van der Waals surface area contributed by atoms with Crippen LogP contribution in [0.1, 0.15) is 45.9 Å². The molecule has 13 rings (SSSR count). The molecule has 1 heterocycles. The average Bonchev–Trinajstić information content (AvgIpc) is 1.58. The van der Waals surface area contributed by atoms with Gasteiger partial charge in [-0.15, -0.1) is 0 Å². The van der Waals surface area contributed by atoms with Crippen molar-refractivity contribution in [3.8, 4) is 84.1 Å². The van der Waals surface area contributed by atoms with Gasteiger partial charge < -0.3 is 23.5 Å². The molecule has 96 heavy (non-hydrogen) atoms.